The number of anilines is 3. The summed E-state index contributed by atoms with van der Waals surface area (Å²) in [6.45, 7) is 8.85. The number of ether oxygens (including phenoxy) is 3. The molecule has 1 aliphatic rings. The first kappa shape index (κ1) is 30.4. The van der Waals surface area contributed by atoms with E-state index in [1.54, 1.807) is 40.9 Å². The summed E-state index contributed by atoms with van der Waals surface area (Å²) in [5.74, 6) is -2.02. The number of carbonyl (C=O) groups excluding carboxylic acids is 3. The number of carbonyl (C=O) groups is 3. The van der Waals surface area contributed by atoms with Crippen LogP contribution in [0.25, 0.3) is 11.3 Å². The fourth-order valence-electron chi connectivity index (χ4n) is 4.96. The molecule has 0 bridgehead atoms. The summed E-state index contributed by atoms with van der Waals surface area (Å²) in [4.78, 5) is 47.1. The number of hydrogen-bond acceptors (Lipinski definition) is 10. The van der Waals surface area contributed by atoms with Crippen LogP contribution in [0.4, 0.5) is 16.5 Å². The number of hydrogen-bond donors (Lipinski definition) is 2. The molecule has 42 heavy (non-hydrogen) atoms. The second-order valence-electron chi connectivity index (χ2n) is 9.56. The Hall–Kier alpha value is -4.51. The van der Waals surface area contributed by atoms with Crippen LogP contribution in [-0.2, 0) is 23.9 Å². The highest BCUT2D eigenvalue weighted by molar-refractivity contribution is 7.14. The highest BCUT2D eigenvalue weighted by atomic mass is 32.1. The predicted molar refractivity (Wildman–Crippen MR) is 163 cm³/mol. The molecule has 2 aromatic carbocycles. The Bertz CT molecular complexity index is 1560. The Kier molecular flexibility index (Phi) is 9.74. The number of nitrogens with one attached hydrogen (secondary N) is 2. The normalized spacial score (nSPS) is 16.4. The zero-order chi connectivity index (χ0) is 30.4. The van der Waals surface area contributed by atoms with E-state index in [4.69, 9.17) is 19.2 Å². The summed E-state index contributed by atoms with van der Waals surface area (Å²) < 4.78 is 16.1. The van der Waals surface area contributed by atoms with E-state index in [2.05, 4.69) is 15.6 Å². The van der Waals surface area contributed by atoms with Gasteiger partial charge in [0.15, 0.2) is 5.13 Å². The van der Waals surface area contributed by atoms with Crippen molar-refractivity contribution >= 4 is 51.4 Å². The summed E-state index contributed by atoms with van der Waals surface area (Å²) in [5.41, 5.74) is 4.98. The largest absolute Gasteiger partial charge is 0.495 e. The van der Waals surface area contributed by atoms with Gasteiger partial charge in [-0.25, -0.2) is 9.78 Å². The summed E-state index contributed by atoms with van der Waals surface area (Å²) in [6, 6.07) is 13.0. The SMILES string of the molecule is CCOC(=O)C1=C(C)N=C(C)C(C(=O)OCC)C1c1cccc(Nc2nc(-c3ccc(OC)c(NC(C)=O)c3)cs2)c1. The number of nitrogens with zero attached hydrogens (tertiary/aromatic N) is 2. The maximum atomic E-state index is 13.1. The fraction of sp³-hybridized carbons (Fsp3) is 0.323. The molecule has 11 heteroatoms. The van der Waals surface area contributed by atoms with Gasteiger partial charge in [0, 0.05) is 40.9 Å². The Labute approximate surface area is 248 Å². The van der Waals surface area contributed by atoms with Crippen LogP contribution in [0.15, 0.2) is 64.1 Å². The highest BCUT2D eigenvalue weighted by Crippen LogP contribution is 2.41. The van der Waals surface area contributed by atoms with Crippen molar-refractivity contribution < 1.29 is 28.6 Å². The Morgan fingerprint density at radius 1 is 1.02 bits per heavy atom. The monoisotopic (exact) mass is 590 g/mol. The summed E-state index contributed by atoms with van der Waals surface area (Å²) in [6.07, 6.45) is 0. The number of aromatic nitrogens is 1. The van der Waals surface area contributed by atoms with Crippen molar-refractivity contribution in [1.29, 1.82) is 0 Å². The van der Waals surface area contributed by atoms with Crippen molar-refractivity contribution in [2.45, 2.75) is 40.5 Å². The quantitative estimate of drug-likeness (QED) is 0.271. The van der Waals surface area contributed by atoms with Gasteiger partial charge in [-0.2, -0.15) is 0 Å². The van der Waals surface area contributed by atoms with Crippen molar-refractivity contribution in [1.82, 2.24) is 4.98 Å². The van der Waals surface area contributed by atoms with E-state index in [-0.39, 0.29) is 19.1 Å². The molecule has 10 nitrogen and oxygen atoms in total. The Morgan fingerprint density at radius 2 is 1.79 bits per heavy atom. The van der Waals surface area contributed by atoms with Crippen LogP contribution in [0.5, 0.6) is 5.75 Å². The second kappa shape index (κ2) is 13.4. The third-order valence-corrected chi connectivity index (χ3v) is 7.43. The van der Waals surface area contributed by atoms with Crippen molar-refractivity contribution in [3.63, 3.8) is 0 Å². The molecule has 2 heterocycles. The predicted octanol–water partition coefficient (Wildman–Crippen LogP) is 6.10. The topological polar surface area (TPSA) is 128 Å². The number of aliphatic imine (C=N–C) groups is 1. The van der Waals surface area contributed by atoms with Gasteiger partial charge in [-0.3, -0.25) is 14.6 Å². The van der Waals surface area contributed by atoms with Gasteiger partial charge in [0.2, 0.25) is 5.91 Å². The van der Waals surface area contributed by atoms with Crippen LogP contribution < -0.4 is 15.4 Å². The number of allylic oxidation sites excluding steroid dienone is 1. The maximum Gasteiger partial charge on any atom is 0.336 e. The molecule has 1 aliphatic heterocycles. The molecule has 2 atom stereocenters. The van der Waals surface area contributed by atoms with Gasteiger partial charge >= 0.3 is 11.9 Å². The molecule has 3 aromatic rings. The van der Waals surface area contributed by atoms with Gasteiger partial charge in [0.05, 0.1) is 37.3 Å². The molecule has 0 radical (unpaired) electrons. The molecule has 0 saturated carbocycles. The van der Waals surface area contributed by atoms with Crippen molar-refractivity contribution in [3.05, 3.63) is 64.7 Å². The third-order valence-electron chi connectivity index (χ3n) is 6.67. The highest BCUT2D eigenvalue weighted by Gasteiger charge is 2.42. The molecular weight excluding hydrogens is 556 g/mol. The van der Waals surface area contributed by atoms with Crippen LogP contribution >= 0.6 is 11.3 Å². The molecular formula is C31H34N4O6S. The van der Waals surface area contributed by atoms with Gasteiger partial charge < -0.3 is 24.8 Å². The van der Waals surface area contributed by atoms with Gasteiger partial charge in [0.25, 0.3) is 0 Å². The number of esters is 2. The van der Waals surface area contributed by atoms with Gasteiger partial charge in [-0.1, -0.05) is 12.1 Å². The Balaban J connectivity index is 1.66. The first-order chi connectivity index (χ1) is 20.2. The zero-order valence-electron chi connectivity index (χ0n) is 24.4. The lowest BCUT2D eigenvalue weighted by atomic mass is 9.75. The molecule has 0 spiro atoms. The van der Waals surface area contributed by atoms with Crippen LogP contribution in [0.1, 0.15) is 46.1 Å². The minimum atomic E-state index is -0.775. The van der Waals surface area contributed by atoms with E-state index >= 15 is 0 Å². The minimum Gasteiger partial charge on any atom is -0.495 e. The number of methoxy groups -OCH3 is 1. The average molecular weight is 591 g/mol. The molecule has 0 aliphatic carbocycles. The first-order valence-electron chi connectivity index (χ1n) is 13.5. The molecule has 4 rings (SSSR count). The van der Waals surface area contributed by atoms with E-state index in [0.717, 1.165) is 22.5 Å². The van der Waals surface area contributed by atoms with Gasteiger partial charge in [-0.15, -0.1) is 11.3 Å². The lowest BCUT2D eigenvalue weighted by Crippen LogP contribution is -2.36. The molecule has 2 N–H and O–H groups in total. The van der Waals surface area contributed by atoms with E-state index in [1.807, 2.05) is 41.8 Å². The second-order valence-corrected chi connectivity index (χ2v) is 10.4. The average Bonchev–Trinajstić information content (AvgIpc) is 3.41. The number of amides is 1. The summed E-state index contributed by atoms with van der Waals surface area (Å²) in [7, 11) is 1.54. The third kappa shape index (κ3) is 6.68. The van der Waals surface area contributed by atoms with Crippen molar-refractivity contribution in [3.8, 4) is 17.0 Å². The number of benzene rings is 2. The van der Waals surface area contributed by atoms with Crippen molar-refractivity contribution in [2.75, 3.05) is 31.0 Å². The smallest absolute Gasteiger partial charge is 0.336 e. The fourth-order valence-corrected chi connectivity index (χ4v) is 5.70. The molecule has 1 amide bonds. The van der Waals surface area contributed by atoms with Crippen LogP contribution in [-0.4, -0.2) is 48.9 Å². The molecule has 2 unspecified atom stereocenters. The van der Waals surface area contributed by atoms with Crippen LogP contribution in [0, 0.1) is 5.92 Å². The van der Waals surface area contributed by atoms with Crippen molar-refractivity contribution in [2.24, 2.45) is 10.9 Å². The molecule has 220 valence electrons. The maximum absolute atomic E-state index is 13.1. The lowest BCUT2D eigenvalue weighted by Gasteiger charge is -2.31. The van der Waals surface area contributed by atoms with Crippen LogP contribution in [0.2, 0.25) is 0 Å². The van der Waals surface area contributed by atoms with Gasteiger partial charge in [0.1, 0.15) is 11.7 Å². The minimum absolute atomic E-state index is 0.198. The molecule has 0 fully saturated rings. The zero-order valence-corrected chi connectivity index (χ0v) is 25.3. The Morgan fingerprint density at radius 3 is 2.48 bits per heavy atom. The first-order valence-corrected chi connectivity index (χ1v) is 14.4. The van der Waals surface area contributed by atoms with E-state index in [1.165, 1.54) is 18.3 Å². The summed E-state index contributed by atoms with van der Waals surface area (Å²) in [5, 5.41) is 8.67. The van der Waals surface area contributed by atoms with E-state index < -0.39 is 23.8 Å². The lowest BCUT2D eigenvalue weighted by molar-refractivity contribution is -0.146. The van der Waals surface area contributed by atoms with E-state index in [9.17, 15) is 14.4 Å². The number of thiazole rings is 1. The molecule has 1 aromatic heterocycles. The van der Waals surface area contributed by atoms with E-state index in [0.29, 0.717) is 33.6 Å². The van der Waals surface area contributed by atoms with Crippen LogP contribution in [0.3, 0.4) is 0 Å². The van der Waals surface area contributed by atoms with Gasteiger partial charge in [-0.05, 0) is 63.6 Å². The molecule has 0 saturated heterocycles. The standard InChI is InChI=1S/C31H34N4O6S/c1-7-40-29(37)26-17(3)32-18(4)27(30(38)41-8-2)28(26)21-10-9-11-22(14-21)34-31-35-24(16-42-31)20-12-13-25(39-6)23(15-20)33-19(5)36/h9-16,26,28H,7-8H2,1-6H3,(H,33,36)(H,34,35). The summed E-state index contributed by atoms with van der Waals surface area (Å²) >= 11 is 1.42. The number of rotatable bonds is 10.